The van der Waals surface area contributed by atoms with Gasteiger partial charge in [-0.25, -0.2) is 5.01 Å². The van der Waals surface area contributed by atoms with Crippen molar-refractivity contribution in [1.82, 2.24) is 5.01 Å². The molecule has 0 saturated carbocycles. The van der Waals surface area contributed by atoms with Gasteiger partial charge in [0.15, 0.2) is 0 Å². The lowest BCUT2D eigenvalue weighted by Crippen LogP contribution is -2.42. The number of hydrazone groups is 1. The standard InChI is InChI=1S/C6H6N2O3/c1-3-4(9)5(10)6(11)8(2)7-3/h1-2H3. The van der Waals surface area contributed by atoms with Crippen LogP contribution in [0.1, 0.15) is 6.92 Å². The Hall–Kier alpha value is -1.52. The Morgan fingerprint density at radius 1 is 1.18 bits per heavy atom. The van der Waals surface area contributed by atoms with E-state index in [1.54, 1.807) is 0 Å². The topological polar surface area (TPSA) is 66.8 Å². The highest BCUT2D eigenvalue weighted by molar-refractivity contribution is 6.79. The highest BCUT2D eigenvalue weighted by Gasteiger charge is 2.32. The van der Waals surface area contributed by atoms with Crippen molar-refractivity contribution >= 4 is 23.2 Å². The molecule has 58 valence electrons. The zero-order valence-corrected chi connectivity index (χ0v) is 6.12. The average molecular weight is 154 g/mol. The predicted octanol–water partition coefficient (Wildman–Crippen LogP) is -1.03. The normalized spacial score (nSPS) is 18.9. The summed E-state index contributed by atoms with van der Waals surface area (Å²) in [7, 11) is 1.33. The first-order chi connectivity index (χ1) is 5.04. The van der Waals surface area contributed by atoms with E-state index in [-0.39, 0.29) is 5.71 Å². The van der Waals surface area contributed by atoms with Crippen LogP contribution in [0.25, 0.3) is 0 Å². The maximum atomic E-state index is 10.8. The molecule has 1 aliphatic rings. The summed E-state index contributed by atoms with van der Waals surface area (Å²) in [4.78, 5) is 32.2. The van der Waals surface area contributed by atoms with Gasteiger partial charge in [0.2, 0.25) is 0 Å². The van der Waals surface area contributed by atoms with Gasteiger partial charge in [-0.05, 0) is 6.92 Å². The first-order valence-electron chi connectivity index (χ1n) is 2.96. The Balaban J connectivity index is 3.12. The van der Waals surface area contributed by atoms with Crippen molar-refractivity contribution in [3.05, 3.63) is 0 Å². The van der Waals surface area contributed by atoms with Crippen LogP contribution in [0.4, 0.5) is 0 Å². The number of likely N-dealkylation sites (N-methyl/N-ethyl adjacent to an activating group) is 1. The second-order valence-electron chi connectivity index (χ2n) is 2.17. The third kappa shape index (κ3) is 1.04. The van der Waals surface area contributed by atoms with E-state index in [2.05, 4.69) is 5.10 Å². The van der Waals surface area contributed by atoms with E-state index in [9.17, 15) is 14.4 Å². The van der Waals surface area contributed by atoms with Gasteiger partial charge in [0, 0.05) is 7.05 Å². The monoisotopic (exact) mass is 154 g/mol. The number of carbonyl (C=O) groups is 3. The average Bonchev–Trinajstić information content (AvgIpc) is 1.97. The van der Waals surface area contributed by atoms with E-state index in [1.165, 1.54) is 14.0 Å². The molecule has 0 N–H and O–H groups in total. The minimum atomic E-state index is -1.01. The van der Waals surface area contributed by atoms with Crippen molar-refractivity contribution in [3.8, 4) is 0 Å². The van der Waals surface area contributed by atoms with Gasteiger partial charge in [-0.1, -0.05) is 0 Å². The van der Waals surface area contributed by atoms with E-state index >= 15 is 0 Å². The summed E-state index contributed by atoms with van der Waals surface area (Å²) in [5, 5.41) is 4.39. The second-order valence-corrected chi connectivity index (χ2v) is 2.17. The van der Waals surface area contributed by atoms with Gasteiger partial charge in [0.1, 0.15) is 5.71 Å². The van der Waals surface area contributed by atoms with Crippen molar-refractivity contribution in [1.29, 1.82) is 0 Å². The third-order valence-corrected chi connectivity index (χ3v) is 1.32. The van der Waals surface area contributed by atoms with Crippen molar-refractivity contribution in [2.45, 2.75) is 6.92 Å². The van der Waals surface area contributed by atoms with E-state index in [1.807, 2.05) is 0 Å². The fourth-order valence-corrected chi connectivity index (χ4v) is 0.724. The number of nitrogens with zero attached hydrogens (tertiary/aromatic N) is 2. The van der Waals surface area contributed by atoms with Crippen molar-refractivity contribution in [2.75, 3.05) is 7.05 Å². The molecule has 0 atom stereocenters. The molecule has 0 unspecified atom stereocenters. The van der Waals surface area contributed by atoms with Gasteiger partial charge in [-0.15, -0.1) is 0 Å². The van der Waals surface area contributed by atoms with Gasteiger partial charge in [-0.2, -0.15) is 5.10 Å². The molecular weight excluding hydrogens is 148 g/mol. The Bertz CT molecular complexity index is 280. The molecule has 1 aliphatic heterocycles. The number of ketones is 2. The van der Waals surface area contributed by atoms with Crippen LogP contribution in [0.3, 0.4) is 0 Å². The summed E-state index contributed by atoms with van der Waals surface area (Å²) in [6, 6.07) is 0. The molecular formula is C6H6N2O3. The van der Waals surface area contributed by atoms with E-state index in [4.69, 9.17) is 0 Å². The zero-order valence-electron chi connectivity index (χ0n) is 6.12. The Labute approximate surface area is 62.7 Å². The maximum absolute atomic E-state index is 10.8. The fourth-order valence-electron chi connectivity index (χ4n) is 0.724. The summed E-state index contributed by atoms with van der Waals surface area (Å²) in [6.45, 7) is 1.39. The lowest BCUT2D eigenvalue weighted by Gasteiger charge is -2.14. The Morgan fingerprint density at radius 2 is 1.73 bits per heavy atom. The summed E-state index contributed by atoms with van der Waals surface area (Å²) in [6.07, 6.45) is 0. The van der Waals surface area contributed by atoms with Gasteiger partial charge < -0.3 is 0 Å². The summed E-state index contributed by atoms with van der Waals surface area (Å²) < 4.78 is 0. The van der Waals surface area contributed by atoms with Gasteiger partial charge in [0.25, 0.3) is 11.6 Å². The number of carbonyl (C=O) groups excluding carboxylic acids is 3. The molecule has 0 aromatic rings. The number of Topliss-reactive ketones (excluding diaryl/α,β-unsaturated/α-hetero) is 2. The molecule has 5 heteroatoms. The molecule has 11 heavy (non-hydrogen) atoms. The van der Waals surface area contributed by atoms with Crippen molar-refractivity contribution in [2.24, 2.45) is 5.10 Å². The van der Waals surface area contributed by atoms with Crippen LogP contribution in [-0.4, -0.2) is 35.2 Å². The molecule has 0 radical (unpaired) electrons. The lowest BCUT2D eigenvalue weighted by molar-refractivity contribution is -0.148. The number of hydrogen-bond donors (Lipinski definition) is 0. The maximum Gasteiger partial charge on any atom is 0.318 e. The van der Waals surface area contributed by atoms with Crippen molar-refractivity contribution in [3.63, 3.8) is 0 Å². The van der Waals surface area contributed by atoms with Crippen LogP contribution >= 0.6 is 0 Å². The molecule has 5 nitrogen and oxygen atoms in total. The number of rotatable bonds is 0. The molecule has 0 saturated heterocycles. The van der Waals surface area contributed by atoms with Gasteiger partial charge >= 0.3 is 5.91 Å². The molecule has 0 fully saturated rings. The first kappa shape index (κ1) is 7.59. The minimum absolute atomic E-state index is 0.0529. The molecule has 0 bridgehead atoms. The minimum Gasteiger partial charge on any atom is -0.283 e. The molecule has 1 amide bonds. The van der Waals surface area contributed by atoms with Crippen LogP contribution in [-0.2, 0) is 14.4 Å². The molecule has 0 aromatic carbocycles. The van der Waals surface area contributed by atoms with Crippen LogP contribution in [0.5, 0.6) is 0 Å². The molecule has 0 aromatic heterocycles. The highest BCUT2D eigenvalue weighted by Crippen LogP contribution is 1.99. The Morgan fingerprint density at radius 3 is 2.27 bits per heavy atom. The Kier molecular flexibility index (Phi) is 1.56. The number of amides is 1. The molecule has 1 rings (SSSR count). The van der Waals surface area contributed by atoms with Crippen molar-refractivity contribution < 1.29 is 14.4 Å². The number of hydrogen-bond acceptors (Lipinski definition) is 4. The van der Waals surface area contributed by atoms with Crippen LogP contribution in [0.15, 0.2) is 5.10 Å². The van der Waals surface area contributed by atoms with Gasteiger partial charge in [0.05, 0.1) is 0 Å². The van der Waals surface area contributed by atoms with Crippen LogP contribution in [0.2, 0.25) is 0 Å². The van der Waals surface area contributed by atoms with Gasteiger partial charge in [-0.3, -0.25) is 14.4 Å². The van der Waals surface area contributed by atoms with E-state index < -0.39 is 17.5 Å². The fraction of sp³-hybridized carbons (Fsp3) is 0.333. The van der Waals surface area contributed by atoms with E-state index in [0.29, 0.717) is 0 Å². The highest BCUT2D eigenvalue weighted by atomic mass is 16.2. The summed E-state index contributed by atoms with van der Waals surface area (Å²) >= 11 is 0. The second kappa shape index (κ2) is 2.26. The first-order valence-corrected chi connectivity index (χ1v) is 2.96. The summed E-state index contributed by atoms with van der Waals surface area (Å²) in [5.41, 5.74) is 0.0529. The zero-order chi connectivity index (χ0) is 8.59. The third-order valence-electron chi connectivity index (χ3n) is 1.32. The summed E-state index contributed by atoms with van der Waals surface area (Å²) in [5.74, 6) is -2.70. The lowest BCUT2D eigenvalue weighted by atomic mass is 10.1. The van der Waals surface area contributed by atoms with Crippen LogP contribution < -0.4 is 0 Å². The van der Waals surface area contributed by atoms with E-state index in [0.717, 1.165) is 5.01 Å². The molecule has 0 spiro atoms. The van der Waals surface area contributed by atoms with Crippen LogP contribution in [0, 0.1) is 0 Å². The quantitative estimate of drug-likeness (QED) is 0.419. The SMILES string of the molecule is CC1=NN(C)C(=O)C(=O)C1=O. The predicted molar refractivity (Wildman–Crippen MR) is 35.9 cm³/mol. The smallest absolute Gasteiger partial charge is 0.283 e. The molecule has 1 heterocycles. The molecule has 0 aliphatic carbocycles. The largest absolute Gasteiger partial charge is 0.318 e.